The number of ether oxygens (including phenoxy) is 1. The van der Waals surface area contributed by atoms with E-state index in [4.69, 9.17) is 4.74 Å². The minimum atomic E-state index is -3.70. The van der Waals surface area contributed by atoms with Gasteiger partial charge in [0.05, 0.1) is 16.3 Å². The second kappa shape index (κ2) is 9.64. The monoisotopic (exact) mass is 423 g/mol. The summed E-state index contributed by atoms with van der Waals surface area (Å²) < 4.78 is 34.5. The minimum Gasteiger partial charge on any atom is -0.385 e. The fourth-order valence-corrected chi connectivity index (χ4v) is 5.13. The summed E-state index contributed by atoms with van der Waals surface area (Å²) in [6.45, 7) is 4.49. The molecule has 3 rings (SSSR count). The molecule has 1 aliphatic rings. The Labute approximate surface area is 171 Å². The van der Waals surface area contributed by atoms with E-state index in [2.05, 4.69) is 15.6 Å². The van der Waals surface area contributed by atoms with Crippen LogP contribution in [0.1, 0.15) is 32.6 Å². The zero-order valence-corrected chi connectivity index (χ0v) is 17.8. The molecule has 1 aliphatic heterocycles. The number of methoxy groups -OCH3 is 1. The molecule has 29 heavy (non-hydrogen) atoms. The van der Waals surface area contributed by atoms with Gasteiger partial charge in [0.1, 0.15) is 5.52 Å². The molecular formula is C19H29N5O4S. The highest BCUT2D eigenvalue weighted by Gasteiger charge is 2.33. The van der Waals surface area contributed by atoms with Crippen molar-refractivity contribution in [2.24, 2.45) is 5.92 Å². The highest BCUT2D eigenvalue weighted by atomic mass is 32.2. The van der Waals surface area contributed by atoms with Gasteiger partial charge in [-0.25, -0.2) is 13.1 Å². The topological polar surface area (TPSA) is 106 Å². The Morgan fingerprint density at radius 2 is 2.21 bits per heavy atom. The average Bonchev–Trinajstić information content (AvgIpc) is 3.13. The van der Waals surface area contributed by atoms with Crippen LogP contribution in [0.15, 0.2) is 23.1 Å². The summed E-state index contributed by atoms with van der Waals surface area (Å²) in [5, 5.41) is 11.1. The van der Waals surface area contributed by atoms with Crippen molar-refractivity contribution in [3.63, 3.8) is 0 Å². The standard InChI is InChI=1S/C19H29N5O4S/c1-3-10-24-18-8-7-16(13-17(18)21-22-24)29(26,27)23-11-4-6-15(14-23)19(25)20-9-5-12-28-2/h7-8,13,15H,3-6,9-12,14H2,1-2H3,(H,20,25)/t15-/m1/s1. The van der Waals surface area contributed by atoms with E-state index in [1.54, 1.807) is 30.0 Å². The Bertz CT molecular complexity index is 943. The maximum Gasteiger partial charge on any atom is 0.243 e. The largest absolute Gasteiger partial charge is 0.385 e. The van der Waals surface area contributed by atoms with Crippen molar-refractivity contribution in [1.82, 2.24) is 24.6 Å². The molecule has 0 bridgehead atoms. The fourth-order valence-electron chi connectivity index (χ4n) is 3.59. The first-order chi connectivity index (χ1) is 14.0. The summed E-state index contributed by atoms with van der Waals surface area (Å²) in [6.07, 6.45) is 2.99. The van der Waals surface area contributed by atoms with E-state index in [9.17, 15) is 13.2 Å². The van der Waals surface area contributed by atoms with Crippen LogP contribution < -0.4 is 5.32 Å². The lowest BCUT2D eigenvalue weighted by Gasteiger charge is -2.31. The summed E-state index contributed by atoms with van der Waals surface area (Å²) in [7, 11) is -2.08. The first kappa shape index (κ1) is 21.7. The van der Waals surface area contributed by atoms with Crippen molar-refractivity contribution in [1.29, 1.82) is 0 Å². The number of nitrogens with zero attached hydrogens (tertiary/aromatic N) is 4. The van der Waals surface area contributed by atoms with Crippen molar-refractivity contribution in [2.45, 2.75) is 44.0 Å². The van der Waals surface area contributed by atoms with E-state index in [1.165, 1.54) is 4.31 Å². The Morgan fingerprint density at radius 1 is 1.38 bits per heavy atom. The van der Waals surface area contributed by atoms with Gasteiger partial charge in [-0.2, -0.15) is 4.31 Å². The smallest absolute Gasteiger partial charge is 0.243 e. The molecule has 1 N–H and O–H groups in total. The molecule has 160 valence electrons. The summed E-state index contributed by atoms with van der Waals surface area (Å²) in [6, 6.07) is 4.92. The lowest BCUT2D eigenvalue weighted by atomic mass is 9.99. The van der Waals surface area contributed by atoms with Crippen LogP contribution in [0.3, 0.4) is 0 Å². The number of amides is 1. The van der Waals surface area contributed by atoms with E-state index in [0.717, 1.165) is 24.9 Å². The quantitative estimate of drug-likeness (QED) is 0.611. The maximum atomic E-state index is 13.2. The lowest BCUT2D eigenvalue weighted by molar-refractivity contribution is -0.126. The average molecular weight is 424 g/mol. The van der Waals surface area contributed by atoms with Gasteiger partial charge >= 0.3 is 0 Å². The normalized spacial score (nSPS) is 18.2. The lowest BCUT2D eigenvalue weighted by Crippen LogP contribution is -2.45. The molecule has 1 fully saturated rings. The molecule has 1 amide bonds. The number of piperidine rings is 1. The highest BCUT2D eigenvalue weighted by molar-refractivity contribution is 7.89. The number of nitrogens with one attached hydrogen (secondary N) is 1. The van der Waals surface area contributed by atoms with Gasteiger partial charge in [-0.05, 0) is 43.9 Å². The molecule has 2 aromatic rings. The van der Waals surface area contributed by atoms with Gasteiger partial charge in [-0.15, -0.1) is 5.10 Å². The maximum absolute atomic E-state index is 13.2. The fraction of sp³-hybridized carbons (Fsp3) is 0.632. The summed E-state index contributed by atoms with van der Waals surface area (Å²) in [5.41, 5.74) is 1.38. The third kappa shape index (κ3) is 4.93. The summed E-state index contributed by atoms with van der Waals surface area (Å²) >= 11 is 0. The van der Waals surface area contributed by atoms with E-state index in [0.29, 0.717) is 38.1 Å². The predicted molar refractivity (Wildman–Crippen MR) is 109 cm³/mol. The Balaban J connectivity index is 1.71. The van der Waals surface area contributed by atoms with E-state index >= 15 is 0 Å². The molecule has 0 spiro atoms. The molecule has 0 unspecified atom stereocenters. The van der Waals surface area contributed by atoms with Crippen molar-refractivity contribution in [3.8, 4) is 0 Å². The minimum absolute atomic E-state index is 0.0982. The second-order valence-electron chi connectivity index (χ2n) is 7.30. The highest BCUT2D eigenvalue weighted by Crippen LogP contribution is 2.26. The number of hydrogen-bond acceptors (Lipinski definition) is 6. The number of rotatable bonds is 9. The number of sulfonamides is 1. The first-order valence-corrected chi connectivity index (χ1v) is 11.5. The van der Waals surface area contributed by atoms with Gasteiger partial charge < -0.3 is 10.1 Å². The van der Waals surface area contributed by atoms with Crippen LogP contribution in [0.25, 0.3) is 11.0 Å². The van der Waals surface area contributed by atoms with Crippen LogP contribution >= 0.6 is 0 Å². The molecule has 0 aliphatic carbocycles. The molecular weight excluding hydrogens is 394 g/mol. The van der Waals surface area contributed by atoms with Crippen molar-refractivity contribution in [2.75, 3.05) is 33.4 Å². The predicted octanol–water partition coefficient (Wildman–Crippen LogP) is 1.39. The van der Waals surface area contributed by atoms with Crippen molar-refractivity contribution in [3.05, 3.63) is 18.2 Å². The third-order valence-corrected chi connectivity index (χ3v) is 7.00. The number of benzene rings is 1. The number of aryl methyl sites for hydroxylation is 1. The van der Waals surface area contributed by atoms with Gasteiger partial charge in [0.2, 0.25) is 15.9 Å². The number of carbonyl (C=O) groups excluding carboxylic acids is 1. The Hall–Kier alpha value is -2.04. The number of aromatic nitrogens is 3. The van der Waals surface area contributed by atoms with Crippen LogP contribution in [0, 0.1) is 5.92 Å². The molecule has 1 aromatic heterocycles. The van der Waals surface area contributed by atoms with Gasteiger partial charge in [0.25, 0.3) is 0 Å². The molecule has 9 nitrogen and oxygen atoms in total. The van der Waals surface area contributed by atoms with Crippen LogP contribution in [0.4, 0.5) is 0 Å². The Morgan fingerprint density at radius 3 is 2.97 bits per heavy atom. The van der Waals surface area contributed by atoms with Crippen molar-refractivity contribution >= 4 is 27.0 Å². The number of fused-ring (bicyclic) bond motifs is 1. The summed E-state index contributed by atoms with van der Waals surface area (Å²) in [4.78, 5) is 12.6. The summed E-state index contributed by atoms with van der Waals surface area (Å²) in [5.74, 6) is -0.436. The van der Waals surface area contributed by atoms with Crippen LogP contribution in [0.5, 0.6) is 0 Å². The van der Waals surface area contributed by atoms with Crippen LogP contribution in [0.2, 0.25) is 0 Å². The van der Waals surface area contributed by atoms with Gasteiger partial charge in [0.15, 0.2) is 0 Å². The van der Waals surface area contributed by atoms with E-state index in [1.807, 2.05) is 6.92 Å². The zero-order chi connectivity index (χ0) is 20.9. The third-order valence-electron chi connectivity index (χ3n) is 5.14. The molecule has 0 saturated carbocycles. The van der Waals surface area contributed by atoms with Gasteiger partial charge in [0, 0.05) is 39.9 Å². The number of hydrogen-bond donors (Lipinski definition) is 1. The zero-order valence-electron chi connectivity index (χ0n) is 17.0. The molecule has 10 heteroatoms. The molecule has 1 aromatic carbocycles. The van der Waals surface area contributed by atoms with E-state index in [-0.39, 0.29) is 23.3 Å². The molecule has 1 atom stereocenters. The number of carbonyl (C=O) groups is 1. The van der Waals surface area contributed by atoms with E-state index < -0.39 is 10.0 Å². The van der Waals surface area contributed by atoms with Crippen LogP contribution in [-0.2, 0) is 26.1 Å². The van der Waals surface area contributed by atoms with Crippen molar-refractivity contribution < 1.29 is 17.9 Å². The van der Waals surface area contributed by atoms with Gasteiger partial charge in [-0.3, -0.25) is 4.79 Å². The molecule has 2 heterocycles. The van der Waals surface area contributed by atoms with Gasteiger partial charge in [-0.1, -0.05) is 12.1 Å². The SMILES string of the molecule is CCCn1nnc2cc(S(=O)(=O)N3CCC[C@@H](C(=O)NCCCOC)C3)ccc21. The second-order valence-corrected chi connectivity index (χ2v) is 9.24. The Kier molecular flexibility index (Phi) is 7.20. The molecule has 1 saturated heterocycles. The first-order valence-electron chi connectivity index (χ1n) is 10.1. The van der Waals surface area contributed by atoms with Crippen LogP contribution in [-0.4, -0.2) is 67.0 Å². The molecule has 0 radical (unpaired) electrons.